The molecule has 1 aromatic carbocycles. The number of ether oxygens (including phenoxy) is 1. The van der Waals surface area contributed by atoms with Crippen LogP contribution in [-0.2, 0) is 11.2 Å². The molecule has 0 aliphatic carbocycles. The van der Waals surface area contributed by atoms with Crippen LogP contribution in [-0.4, -0.2) is 24.0 Å². The fraction of sp³-hybridized carbons (Fsp3) is 0.286. The molecule has 0 fully saturated rings. The number of para-hydroxylation sites is 2. The summed E-state index contributed by atoms with van der Waals surface area (Å²) in [5.74, 6) is 0.782. The Balaban J connectivity index is 1.83. The molecule has 104 valence electrons. The SMILES string of the molecule is Nc1nc(CC(=O)N2CCCOc3ccccc32)cs1. The van der Waals surface area contributed by atoms with E-state index in [0.29, 0.717) is 18.3 Å². The molecule has 0 radical (unpaired) electrons. The summed E-state index contributed by atoms with van der Waals surface area (Å²) in [6.07, 6.45) is 1.08. The van der Waals surface area contributed by atoms with Gasteiger partial charge in [0, 0.05) is 11.9 Å². The van der Waals surface area contributed by atoms with E-state index < -0.39 is 0 Å². The van der Waals surface area contributed by atoms with E-state index in [1.807, 2.05) is 29.6 Å². The van der Waals surface area contributed by atoms with Crippen molar-refractivity contribution in [3.05, 3.63) is 35.3 Å². The molecular weight excluding hydrogens is 274 g/mol. The number of amides is 1. The van der Waals surface area contributed by atoms with Crippen LogP contribution in [0.1, 0.15) is 12.1 Å². The van der Waals surface area contributed by atoms with E-state index in [4.69, 9.17) is 10.5 Å². The third kappa shape index (κ3) is 2.60. The Bertz CT molecular complexity index is 626. The van der Waals surface area contributed by atoms with Crippen LogP contribution in [0.25, 0.3) is 0 Å². The standard InChI is InChI=1S/C14H15N3O2S/c15-14-16-10(9-20-14)8-13(18)17-6-3-7-19-12-5-2-1-4-11(12)17/h1-2,4-5,9H,3,6-8H2,(H2,15,16). The van der Waals surface area contributed by atoms with Crippen LogP contribution in [0.5, 0.6) is 5.75 Å². The van der Waals surface area contributed by atoms with E-state index in [1.165, 1.54) is 11.3 Å². The molecule has 5 nitrogen and oxygen atoms in total. The number of benzene rings is 1. The number of rotatable bonds is 2. The Morgan fingerprint density at radius 2 is 2.30 bits per heavy atom. The highest BCUT2D eigenvalue weighted by atomic mass is 32.1. The topological polar surface area (TPSA) is 68.5 Å². The van der Waals surface area contributed by atoms with Gasteiger partial charge in [-0.25, -0.2) is 4.98 Å². The average Bonchev–Trinajstić information content (AvgIpc) is 2.74. The highest BCUT2D eigenvalue weighted by Gasteiger charge is 2.22. The van der Waals surface area contributed by atoms with Crippen LogP contribution in [0.3, 0.4) is 0 Å². The van der Waals surface area contributed by atoms with E-state index in [2.05, 4.69) is 4.98 Å². The summed E-state index contributed by atoms with van der Waals surface area (Å²) in [6, 6.07) is 7.62. The fourth-order valence-corrected chi connectivity index (χ4v) is 2.80. The molecular formula is C14H15N3O2S. The Kier molecular flexibility index (Phi) is 3.56. The largest absolute Gasteiger partial charge is 0.491 e. The number of hydrogen-bond donors (Lipinski definition) is 1. The van der Waals surface area contributed by atoms with Crippen LogP contribution in [0.15, 0.2) is 29.6 Å². The van der Waals surface area contributed by atoms with Gasteiger partial charge in [-0.15, -0.1) is 11.3 Å². The Hall–Kier alpha value is -2.08. The Morgan fingerprint density at radius 1 is 1.45 bits per heavy atom. The summed E-state index contributed by atoms with van der Waals surface area (Å²) in [6.45, 7) is 1.29. The summed E-state index contributed by atoms with van der Waals surface area (Å²) in [7, 11) is 0. The summed E-state index contributed by atoms with van der Waals surface area (Å²) in [4.78, 5) is 18.4. The molecule has 1 aliphatic heterocycles. The van der Waals surface area contributed by atoms with Crippen molar-refractivity contribution >= 4 is 28.1 Å². The van der Waals surface area contributed by atoms with Crippen LogP contribution < -0.4 is 15.4 Å². The lowest BCUT2D eigenvalue weighted by Crippen LogP contribution is -2.32. The quantitative estimate of drug-likeness (QED) is 0.919. The molecule has 1 amide bonds. The molecule has 1 aromatic heterocycles. The van der Waals surface area contributed by atoms with Gasteiger partial charge in [-0.05, 0) is 18.6 Å². The zero-order valence-corrected chi connectivity index (χ0v) is 11.7. The molecule has 0 saturated carbocycles. The smallest absolute Gasteiger partial charge is 0.233 e. The number of nitrogens with two attached hydrogens (primary N) is 1. The van der Waals surface area contributed by atoms with Crippen molar-refractivity contribution in [1.29, 1.82) is 0 Å². The second-order valence-corrected chi connectivity index (χ2v) is 5.46. The third-order valence-corrected chi connectivity index (χ3v) is 3.87. The number of hydrogen-bond acceptors (Lipinski definition) is 5. The second kappa shape index (κ2) is 5.50. The van der Waals surface area contributed by atoms with Crippen molar-refractivity contribution in [2.45, 2.75) is 12.8 Å². The molecule has 0 bridgehead atoms. The number of nitrogen functional groups attached to an aromatic ring is 1. The monoisotopic (exact) mass is 289 g/mol. The van der Waals surface area contributed by atoms with Gasteiger partial charge in [-0.3, -0.25) is 4.79 Å². The maximum atomic E-state index is 12.5. The lowest BCUT2D eigenvalue weighted by molar-refractivity contribution is -0.118. The second-order valence-electron chi connectivity index (χ2n) is 4.57. The Morgan fingerprint density at radius 3 is 3.10 bits per heavy atom. The van der Waals surface area contributed by atoms with Gasteiger partial charge < -0.3 is 15.4 Å². The molecule has 0 saturated heterocycles. The third-order valence-electron chi connectivity index (χ3n) is 3.14. The van der Waals surface area contributed by atoms with Crippen molar-refractivity contribution in [2.75, 3.05) is 23.8 Å². The van der Waals surface area contributed by atoms with Gasteiger partial charge in [0.1, 0.15) is 5.75 Å². The molecule has 0 atom stereocenters. The van der Waals surface area contributed by atoms with Crippen molar-refractivity contribution < 1.29 is 9.53 Å². The molecule has 0 spiro atoms. The van der Waals surface area contributed by atoms with E-state index >= 15 is 0 Å². The molecule has 6 heteroatoms. The molecule has 2 heterocycles. The summed E-state index contributed by atoms with van der Waals surface area (Å²) >= 11 is 1.35. The molecule has 2 aromatic rings. The number of fused-ring (bicyclic) bond motifs is 1. The highest BCUT2D eigenvalue weighted by Crippen LogP contribution is 2.31. The predicted octanol–water partition coefficient (Wildman–Crippen LogP) is 2.08. The van der Waals surface area contributed by atoms with Gasteiger partial charge >= 0.3 is 0 Å². The average molecular weight is 289 g/mol. The summed E-state index contributed by atoms with van der Waals surface area (Å²) < 4.78 is 5.66. The molecule has 20 heavy (non-hydrogen) atoms. The zero-order valence-electron chi connectivity index (χ0n) is 10.9. The first-order valence-electron chi connectivity index (χ1n) is 6.46. The first-order chi connectivity index (χ1) is 9.74. The lowest BCUT2D eigenvalue weighted by Gasteiger charge is -2.21. The minimum absolute atomic E-state index is 0.0215. The first-order valence-corrected chi connectivity index (χ1v) is 7.34. The normalized spacial score (nSPS) is 14.3. The lowest BCUT2D eigenvalue weighted by atomic mass is 10.2. The van der Waals surface area contributed by atoms with Crippen LogP contribution in [0.4, 0.5) is 10.8 Å². The number of aromatic nitrogens is 1. The molecule has 1 aliphatic rings. The maximum absolute atomic E-state index is 12.5. The van der Waals surface area contributed by atoms with E-state index in [0.717, 1.165) is 23.6 Å². The maximum Gasteiger partial charge on any atom is 0.233 e. The van der Waals surface area contributed by atoms with E-state index in [1.54, 1.807) is 4.90 Å². The minimum atomic E-state index is 0.0215. The van der Waals surface area contributed by atoms with Crippen molar-refractivity contribution in [3.63, 3.8) is 0 Å². The fourth-order valence-electron chi connectivity index (χ4n) is 2.24. The number of carbonyl (C=O) groups is 1. The van der Waals surface area contributed by atoms with Gasteiger partial charge in [-0.2, -0.15) is 0 Å². The predicted molar refractivity (Wildman–Crippen MR) is 79.1 cm³/mol. The summed E-state index contributed by atoms with van der Waals surface area (Å²) in [5, 5.41) is 2.32. The van der Waals surface area contributed by atoms with Crippen LogP contribution in [0, 0.1) is 0 Å². The van der Waals surface area contributed by atoms with Crippen molar-refractivity contribution in [3.8, 4) is 5.75 Å². The number of anilines is 2. The van der Waals surface area contributed by atoms with Gasteiger partial charge in [0.2, 0.25) is 5.91 Å². The molecule has 2 N–H and O–H groups in total. The van der Waals surface area contributed by atoms with Gasteiger partial charge in [0.15, 0.2) is 5.13 Å². The van der Waals surface area contributed by atoms with Gasteiger partial charge in [0.05, 0.1) is 24.4 Å². The zero-order chi connectivity index (χ0) is 13.9. The van der Waals surface area contributed by atoms with Crippen LogP contribution >= 0.6 is 11.3 Å². The van der Waals surface area contributed by atoms with Gasteiger partial charge in [-0.1, -0.05) is 12.1 Å². The number of carbonyl (C=O) groups excluding carboxylic acids is 1. The van der Waals surface area contributed by atoms with E-state index in [9.17, 15) is 4.79 Å². The molecule has 0 unspecified atom stereocenters. The van der Waals surface area contributed by atoms with Crippen molar-refractivity contribution in [1.82, 2.24) is 4.98 Å². The number of thiazole rings is 1. The highest BCUT2D eigenvalue weighted by molar-refractivity contribution is 7.13. The van der Waals surface area contributed by atoms with Crippen LogP contribution in [0.2, 0.25) is 0 Å². The van der Waals surface area contributed by atoms with E-state index in [-0.39, 0.29) is 12.3 Å². The van der Waals surface area contributed by atoms with Gasteiger partial charge in [0.25, 0.3) is 0 Å². The minimum Gasteiger partial charge on any atom is -0.491 e. The number of nitrogens with zero attached hydrogens (tertiary/aromatic N) is 2. The first kappa shape index (κ1) is 12.9. The summed E-state index contributed by atoms with van der Waals surface area (Å²) in [5.41, 5.74) is 7.15. The Labute approximate surface area is 121 Å². The van der Waals surface area contributed by atoms with Crippen molar-refractivity contribution in [2.24, 2.45) is 0 Å². The molecule has 3 rings (SSSR count).